The van der Waals surface area contributed by atoms with Crippen LogP contribution in [0.4, 0.5) is 0 Å². The van der Waals surface area contributed by atoms with E-state index < -0.39 is 0 Å². The number of nitrogens with zero attached hydrogens (tertiary/aromatic N) is 1. The Morgan fingerprint density at radius 2 is 1.77 bits per heavy atom. The molecule has 0 aliphatic heterocycles. The Kier molecular flexibility index (Phi) is 5.78. The maximum absolute atomic E-state index is 12.1. The van der Waals surface area contributed by atoms with Crippen molar-refractivity contribution < 1.29 is 9.53 Å². The van der Waals surface area contributed by atoms with Crippen LogP contribution in [0.15, 0.2) is 60.7 Å². The normalized spacial score (nSPS) is 10.6. The molecular weight excluding hydrogens is 274 g/mol. The van der Waals surface area contributed by atoms with E-state index in [0.717, 1.165) is 16.9 Å². The van der Waals surface area contributed by atoms with Crippen molar-refractivity contribution in [1.82, 2.24) is 4.90 Å². The van der Waals surface area contributed by atoms with Gasteiger partial charge in [-0.1, -0.05) is 42.5 Å². The summed E-state index contributed by atoms with van der Waals surface area (Å²) in [7, 11) is 1.80. The van der Waals surface area contributed by atoms with Gasteiger partial charge in [0, 0.05) is 19.7 Å². The molecule has 0 aliphatic carbocycles. The quantitative estimate of drug-likeness (QED) is 0.759. The van der Waals surface area contributed by atoms with E-state index in [1.165, 1.54) is 0 Å². The van der Waals surface area contributed by atoms with Gasteiger partial charge in [-0.15, -0.1) is 0 Å². The first kappa shape index (κ1) is 15.8. The Balaban J connectivity index is 1.92. The van der Waals surface area contributed by atoms with Gasteiger partial charge < -0.3 is 9.64 Å². The van der Waals surface area contributed by atoms with Gasteiger partial charge in [0.1, 0.15) is 5.75 Å². The molecule has 0 N–H and O–H groups in total. The third-order valence-electron chi connectivity index (χ3n) is 3.25. The van der Waals surface area contributed by atoms with Crippen LogP contribution in [0.1, 0.15) is 18.1 Å². The second-order valence-corrected chi connectivity index (χ2v) is 5.02. The molecule has 0 spiro atoms. The molecule has 0 heterocycles. The fourth-order valence-corrected chi connectivity index (χ4v) is 2.07. The molecule has 3 heteroatoms. The minimum atomic E-state index is -0.0160. The highest BCUT2D eigenvalue weighted by molar-refractivity contribution is 5.91. The van der Waals surface area contributed by atoms with Crippen molar-refractivity contribution in [3.63, 3.8) is 0 Å². The molecule has 0 fully saturated rings. The van der Waals surface area contributed by atoms with Crippen LogP contribution in [0.5, 0.6) is 5.75 Å². The summed E-state index contributed by atoms with van der Waals surface area (Å²) in [5, 5.41) is 0. The maximum atomic E-state index is 12.1. The molecule has 2 aromatic carbocycles. The highest BCUT2D eigenvalue weighted by Crippen LogP contribution is 2.13. The van der Waals surface area contributed by atoms with E-state index in [1.807, 2.05) is 67.6 Å². The fourth-order valence-electron chi connectivity index (χ4n) is 2.07. The van der Waals surface area contributed by atoms with Crippen LogP contribution < -0.4 is 4.74 Å². The van der Waals surface area contributed by atoms with Gasteiger partial charge in [-0.05, 0) is 36.3 Å². The molecular formula is C19H21NO2. The van der Waals surface area contributed by atoms with E-state index in [1.54, 1.807) is 18.0 Å². The molecule has 0 saturated heterocycles. The van der Waals surface area contributed by atoms with Gasteiger partial charge in [-0.2, -0.15) is 0 Å². The van der Waals surface area contributed by atoms with Crippen LogP contribution in [-0.2, 0) is 11.3 Å². The highest BCUT2D eigenvalue weighted by Gasteiger charge is 2.05. The van der Waals surface area contributed by atoms with Crippen LogP contribution >= 0.6 is 0 Å². The topological polar surface area (TPSA) is 29.5 Å². The summed E-state index contributed by atoms with van der Waals surface area (Å²) in [6.45, 7) is 3.21. The fraction of sp³-hybridized carbons (Fsp3) is 0.211. The molecule has 0 aromatic heterocycles. The molecule has 0 unspecified atom stereocenters. The number of benzene rings is 2. The van der Waals surface area contributed by atoms with Crippen molar-refractivity contribution in [2.45, 2.75) is 13.5 Å². The van der Waals surface area contributed by atoms with Crippen molar-refractivity contribution in [3.8, 4) is 5.75 Å². The van der Waals surface area contributed by atoms with Crippen molar-refractivity contribution in [2.75, 3.05) is 13.7 Å². The van der Waals surface area contributed by atoms with Crippen molar-refractivity contribution in [1.29, 1.82) is 0 Å². The molecule has 22 heavy (non-hydrogen) atoms. The number of hydrogen-bond donors (Lipinski definition) is 0. The number of rotatable bonds is 6. The lowest BCUT2D eigenvalue weighted by Crippen LogP contribution is -2.23. The standard InChI is InChI=1S/C19H21NO2/c1-3-22-18-12-9-16(10-13-18)11-14-19(21)20(2)15-17-7-5-4-6-8-17/h4-14H,3,15H2,1-2H3/b14-11+. The number of amides is 1. The smallest absolute Gasteiger partial charge is 0.246 e. The Bertz CT molecular complexity index is 618. The summed E-state index contributed by atoms with van der Waals surface area (Å²) in [5.41, 5.74) is 2.10. The molecule has 0 aliphatic rings. The van der Waals surface area contributed by atoms with E-state index in [-0.39, 0.29) is 5.91 Å². The Morgan fingerprint density at radius 3 is 2.41 bits per heavy atom. The van der Waals surface area contributed by atoms with Crippen LogP contribution in [0.3, 0.4) is 0 Å². The second-order valence-electron chi connectivity index (χ2n) is 5.02. The van der Waals surface area contributed by atoms with Gasteiger partial charge >= 0.3 is 0 Å². The lowest BCUT2D eigenvalue weighted by atomic mass is 10.2. The van der Waals surface area contributed by atoms with E-state index in [9.17, 15) is 4.79 Å². The number of ether oxygens (including phenoxy) is 1. The molecule has 2 rings (SSSR count). The average molecular weight is 295 g/mol. The third kappa shape index (κ3) is 4.77. The number of likely N-dealkylation sites (N-methyl/N-ethyl adjacent to an activating group) is 1. The lowest BCUT2D eigenvalue weighted by Gasteiger charge is -2.15. The minimum Gasteiger partial charge on any atom is -0.494 e. The highest BCUT2D eigenvalue weighted by atomic mass is 16.5. The molecule has 1 amide bonds. The Morgan fingerprint density at radius 1 is 1.09 bits per heavy atom. The third-order valence-corrected chi connectivity index (χ3v) is 3.25. The zero-order chi connectivity index (χ0) is 15.8. The summed E-state index contributed by atoms with van der Waals surface area (Å²) in [6, 6.07) is 17.6. The van der Waals surface area contributed by atoms with Gasteiger partial charge in [-0.25, -0.2) is 0 Å². The second kappa shape index (κ2) is 8.03. The number of carbonyl (C=O) groups excluding carboxylic acids is 1. The van der Waals surface area contributed by atoms with Crippen molar-refractivity contribution in [2.24, 2.45) is 0 Å². The first-order chi connectivity index (χ1) is 10.7. The van der Waals surface area contributed by atoms with E-state index in [2.05, 4.69) is 0 Å². The summed E-state index contributed by atoms with van der Waals surface area (Å²) < 4.78 is 5.39. The molecule has 0 atom stereocenters. The average Bonchev–Trinajstić information content (AvgIpc) is 2.55. The summed E-state index contributed by atoms with van der Waals surface area (Å²) in [4.78, 5) is 13.8. The lowest BCUT2D eigenvalue weighted by molar-refractivity contribution is -0.125. The number of carbonyl (C=O) groups is 1. The van der Waals surface area contributed by atoms with Crippen LogP contribution in [0.25, 0.3) is 6.08 Å². The van der Waals surface area contributed by atoms with E-state index in [4.69, 9.17) is 4.74 Å². The molecule has 0 radical (unpaired) electrons. The molecule has 3 nitrogen and oxygen atoms in total. The van der Waals surface area contributed by atoms with Crippen LogP contribution in [0, 0.1) is 0 Å². The molecule has 0 saturated carbocycles. The predicted octanol–water partition coefficient (Wildman–Crippen LogP) is 3.76. The van der Waals surface area contributed by atoms with Gasteiger partial charge in [0.25, 0.3) is 0 Å². The van der Waals surface area contributed by atoms with Gasteiger partial charge in [-0.3, -0.25) is 4.79 Å². The van der Waals surface area contributed by atoms with Gasteiger partial charge in [0.2, 0.25) is 5.91 Å². The van der Waals surface area contributed by atoms with E-state index in [0.29, 0.717) is 13.2 Å². The van der Waals surface area contributed by atoms with Gasteiger partial charge in [0.15, 0.2) is 0 Å². The van der Waals surface area contributed by atoms with Crippen LogP contribution in [-0.4, -0.2) is 24.5 Å². The van der Waals surface area contributed by atoms with Crippen LogP contribution in [0.2, 0.25) is 0 Å². The molecule has 2 aromatic rings. The largest absolute Gasteiger partial charge is 0.494 e. The van der Waals surface area contributed by atoms with Gasteiger partial charge in [0.05, 0.1) is 6.61 Å². The molecule has 114 valence electrons. The van der Waals surface area contributed by atoms with Crippen molar-refractivity contribution in [3.05, 3.63) is 71.8 Å². The van der Waals surface area contributed by atoms with Crippen molar-refractivity contribution >= 4 is 12.0 Å². The number of hydrogen-bond acceptors (Lipinski definition) is 2. The first-order valence-corrected chi connectivity index (χ1v) is 7.39. The van der Waals surface area contributed by atoms with E-state index >= 15 is 0 Å². The maximum Gasteiger partial charge on any atom is 0.246 e. The Labute approximate surface area is 131 Å². The SMILES string of the molecule is CCOc1ccc(/C=C/C(=O)N(C)Cc2ccccc2)cc1. The summed E-state index contributed by atoms with van der Waals surface area (Å²) in [5.74, 6) is 0.824. The molecule has 0 bridgehead atoms. The minimum absolute atomic E-state index is 0.0160. The Hall–Kier alpha value is -2.55. The zero-order valence-electron chi connectivity index (χ0n) is 13.0. The summed E-state index contributed by atoms with van der Waals surface area (Å²) >= 11 is 0. The predicted molar refractivity (Wildman–Crippen MR) is 89.6 cm³/mol. The first-order valence-electron chi connectivity index (χ1n) is 7.39. The monoisotopic (exact) mass is 295 g/mol. The zero-order valence-corrected chi connectivity index (χ0v) is 13.0. The summed E-state index contributed by atoms with van der Waals surface area (Å²) in [6.07, 6.45) is 3.41.